The molecule has 0 fully saturated rings. The van der Waals surface area contributed by atoms with E-state index >= 15 is 0 Å². The molecule has 0 radical (unpaired) electrons. The molecule has 0 aliphatic rings. The summed E-state index contributed by atoms with van der Waals surface area (Å²) >= 11 is 0. The summed E-state index contributed by atoms with van der Waals surface area (Å²) in [6.45, 7) is 2.47. The number of carboxylic acids is 1. The number of primary amides is 1. The van der Waals surface area contributed by atoms with Gasteiger partial charge in [0.15, 0.2) is 12.4 Å². The molecule has 0 atom stereocenters. The van der Waals surface area contributed by atoms with Gasteiger partial charge in [0.2, 0.25) is 0 Å². The topological polar surface area (TPSA) is 89.6 Å². The summed E-state index contributed by atoms with van der Waals surface area (Å²) in [7, 11) is 0. The van der Waals surface area contributed by atoms with Crippen LogP contribution in [0.25, 0.3) is 0 Å². The number of hydrogen-bond donors (Lipinski definition) is 2. The van der Waals surface area contributed by atoms with Crippen molar-refractivity contribution in [2.24, 2.45) is 5.73 Å². The van der Waals surface area contributed by atoms with Crippen LogP contribution in [0.2, 0.25) is 0 Å². The molecule has 0 unspecified atom stereocenters. The van der Waals surface area contributed by atoms with E-state index in [9.17, 15) is 9.59 Å². The lowest BCUT2D eigenvalue weighted by Crippen LogP contribution is -2.18. The van der Waals surface area contributed by atoms with Crippen LogP contribution in [0.5, 0.6) is 0 Å². The average Bonchev–Trinajstić information content (AvgIpc) is 1.82. The van der Waals surface area contributed by atoms with Crippen molar-refractivity contribution >= 4 is 11.9 Å². The monoisotopic (exact) mass is 145 g/mol. The SMILES string of the molecule is C=C(OCC(=O)O)C(N)=O. The molecule has 0 aromatic carbocycles. The highest BCUT2D eigenvalue weighted by Gasteiger charge is 2.03. The Labute approximate surface area is 57.1 Å². The van der Waals surface area contributed by atoms with Crippen molar-refractivity contribution < 1.29 is 19.4 Å². The van der Waals surface area contributed by atoms with Crippen LogP contribution in [-0.4, -0.2) is 23.6 Å². The number of hydrogen-bond acceptors (Lipinski definition) is 3. The summed E-state index contributed by atoms with van der Waals surface area (Å²) in [5.74, 6) is -2.38. The second kappa shape index (κ2) is 3.49. The van der Waals surface area contributed by atoms with Gasteiger partial charge < -0.3 is 15.6 Å². The molecule has 3 N–H and O–H groups in total. The van der Waals surface area contributed by atoms with Gasteiger partial charge in [0.05, 0.1) is 0 Å². The molecule has 0 saturated heterocycles. The number of amides is 1. The maximum absolute atomic E-state index is 10.1. The van der Waals surface area contributed by atoms with Gasteiger partial charge in [-0.3, -0.25) is 4.79 Å². The van der Waals surface area contributed by atoms with Crippen LogP contribution in [0.15, 0.2) is 12.3 Å². The Hall–Kier alpha value is -1.52. The van der Waals surface area contributed by atoms with Gasteiger partial charge in [0.1, 0.15) is 0 Å². The van der Waals surface area contributed by atoms with Gasteiger partial charge in [-0.15, -0.1) is 0 Å². The Bertz CT molecular complexity index is 174. The van der Waals surface area contributed by atoms with Crippen LogP contribution in [0.1, 0.15) is 0 Å². The molecule has 0 spiro atoms. The van der Waals surface area contributed by atoms with Crippen molar-refractivity contribution in [3.05, 3.63) is 12.3 Å². The minimum atomic E-state index is -1.18. The van der Waals surface area contributed by atoms with E-state index in [2.05, 4.69) is 17.0 Å². The van der Waals surface area contributed by atoms with E-state index in [0.29, 0.717) is 0 Å². The van der Waals surface area contributed by atoms with E-state index in [4.69, 9.17) is 5.11 Å². The Morgan fingerprint density at radius 2 is 2.10 bits per heavy atom. The third kappa shape index (κ3) is 3.48. The van der Waals surface area contributed by atoms with Crippen LogP contribution < -0.4 is 5.73 Å². The lowest BCUT2D eigenvalue weighted by Gasteiger charge is -2.00. The molecule has 0 aromatic heterocycles. The Balaban J connectivity index is 3.60. The standard InChI is InChI=1S/C5H7NO4/c1-3(5(6)9)10-2-4(7)8/h1-2H2,(H2,6,9)(H,7,8). The minimum absolute atomic E-state index is 0.345. The molecule has 0 heterocycles. The molecule has 5 heteroatoms. The summed E-state index contributed by atoms with van der Waals surface area (Å²) < 4.78 is 4.30. The number of ether oxygens (including phenoxy) is 1. The van der Waals surface area contributed by atoms with Gasteiger partial charge in [-0.1, -0.05) is 6.58 Å². The van der Waals surface area contributed by atoms with E-state index in [1.54, 1.807) is 0 Å². The quantitative estimate of drug-likeness (QED) is 0.395. The molecule has 0 aliphatic heterocycles. The Morgan fingerprint density at radius 3 is 2.40 bits per heavy atom. The fourth-order valence-electron chi connectivity index (χ4n) is 0.220. The van der Waals surface area contributed by atoms with Crippen molar-refractivity contribution in [2.45, 2.75) is 0 Å². The summed E-state index contributed by atoms with van der Waals surface area (Å²) in [4.78, 5) is 19.9. The van der Waals surface area contributed by atoms with Crippen LogP contribution in [0, 0.1) is 0 Å². The second-order valence-electron chi connectivity index (χ2n) is 1.47. The Kier molecular flexibility index (Phi) is 2.96. The molecule has 0 bridgehead atoms. The van der Waals surface area contributed by atoms with Gasteiger partial charge in [0, 0.05) is 0 Å². The molecule has 0 saturated carbocycles. The lowest BCUT2D eigenvalue weighted by atomic mass is 10.5. The average molecular weight is 145 g/mol. The smallest absolute Gasteiger partial charge is 0.341 e. The fourth-order valence-corrected chi connectivity index (χ4v) is 0.220. The van der Waals surface area contributed by atoms with E-state index in [1.807, 2.05) is 0 Å². The predicted molar refractivity (Wildman–Crippen MR) is 31.9 cm³/mol. The molecule has 56 valence electrons. The van der Waals surface area contributed by atoms with Crippen LogP contribution in [0.4, 0.5) is 0 Å². The third-order valence-electron chi connectivity index (χ3n) is 0.645. The van der Waals surface area contributed by atoms with Crippen LogP contribution in [-0.2, 0) is 14.3 Å². The van der Waals surface area contributed by atoms with Crippen molar-refractivity contribution in [3.8, 4) is 0 Å². The number of nitrogens with two attached hydrogens (primary N) is 1. The van der Waals surface area contributed by atoms with Crippen molar-refractivity contribution in [1.29, 1.82) is 0 Å². The van der Waals surface area contributed by atoms with E-state index in [0.717, 1.165) is 0 Å². The molecule has 0 rings (SSSR count). The zero-order valence-corrected chi connectivity index (χ0v) is 5.16. The summed E-state index contributed by atoms with van der Waals surface area (Å²) in [5.41, 5.74) is 4.67. The molecule has 0 aliphatic carbocycles. The first kappa shape index (κ1) is 8.48. The lowest BCUT2D eigenvalue weighted by molar-refractivity contribution is -0.141. The zero-order chi connectivity index (χ0) is 8.15. The highest BCUT2D eigenvalue weighted by Crippen LogP contribution is 1.89. The molecular weight excluding hydrogens is 138 g/mol. The molecule has 1 amide bonds. The van der Waals surface area contributed by atoms with E-state index < -0.39 is 18.5 Å². The normalized spacial score (nSPS) is 8.40. The van der Waals surface area contributed by atoms with Crippen molar-refractivity contribution in [3.63, 3.8) is 0 Å². The third-order valence-corrected chi connectivity index (χ3v) is 0.645. The van der Waals surface area contributed by atoms with Gasteiger partial charge in [-0.25, -0.2) is 4.79 Å². The number of rotatable bonds is 4. The molecular formula is C5H7NO4. The first-order valence-electron chi connectivity index (χ1n) is 2.37. The van der Waals surface area contributed by atoms with Crippen LogP contribution >= 0.6 is 0 Å². The van der Waals surface area contributed by atoms with E-state index in [-0.39, 0.29) is 5.76 Å². The molecule has 10 heavy (non-hydrogen) atoms. The summed E-state index contributed by atoms with van der Waals surface area (Å²) in [6, 6.07) is 0. The summed E-state index contributed by atoms with van der Waals surface area (Å²) in [5, 5.41) is 8.03. The first-order valence-corrected chi connectivity index (χ1v) is 2.37. The summed E-state index contributed by atoms with van der Waals surface area (Å²) in [6.07, 6.45) is 0. The second-order valence-corrected chi connectivity index (χ2v) is 1.47. The van der Waals surface area contributed by atoms with Crippen LogP contribution in [0.3, 0.4) is 0 Å². The van der Waals surface area contributed by atoms with Gasteiger partial charge in [-0.05, 0) is 0 Å². The largest absolute Gasteiger partial charge is 0.479 e. The number of carboxylic acid groups (broad SMARTS) is 1. The Morgan fingerprint density at radius 1 is 1.60 bits per heavy atom. The highest BCUT2D eigenvalue weighted by atomic mass is 16.5. The maximum atomic E-state index is 10.1. The number of aliphatic carboxylic acids is 1. The number of carbonyl (C=O) groups excluding carboxylic acids is 1. The van der Waals surface area contributed by atoms with Crippen molar-refractivity contribution in [2.75, 3.05) is 6.61 Å². The van der Waals surface area contributed by atoms with Crippen molar-refractivity contribution in [1.82, 2.24) is 0 Å². The number of carbonyl (C=O) groups is 2. The van der Waals surface area contributed by atoms with Gasteiger partial charge in [0.25, 0.3) is 5.91 Å². The maximum Gasteiger partial charge on any atom is 0.341 e. The molecule has 5 nitrogen and oxygen atoms in total. The van der Waals surface area contributed by atoms with Gasteiger partial charge >= 0.3 is 5.97 Å². The first-order chi connectivity index (χ1) is 4.54. The predicted octanol–water partition coefficient (Wildman–Crippen LogP) is -0.913. The van der Waals surface area contributed by atoms with E-state index in [1.165, 1.54) is 0 Å². The minimum Gasteiger partial charge on any atom is -0.479 e. The zero-order valence-electron chi connectivity index (χ0n) is 5.16. The fraction of sp³-hybridized carbons (Fsp3) is 0.200. The molecule has 0 aromatic rings. The van der Waals surface area contributed by atoms with Gasteiger partial charge in [-0.2, -0.15) is 0 Å². The highest BCUT2D eigenvalue weighted by molar-refractivity contribution is 5.89.